The minimum absolute atomic E-state index is 0.0411. The SMILES string of the molecule is CC(OC(=O)OCc1ccc([N+](=O)[O-])cc1)C1C(=O)N2C(C)(C)OCCC12C. The van der Waals surface area contributed by atoms with Crippen LogP contribution in [0.3, 0.4) is 0 Å². The van der Waals surface area contributed by atoms with Gasteiger partial charge in [-0.15, -0.1) is 0 Å². The molecule has 3 atom stereocenters. The third kappa shape index (κ3) is 3.42. The van der Waals surface area contributed by atoms with Crippen LogP contribution in [0.2, 0.25) is 0 Å². The summed E-state index contributed by atoms with van der Waals surface area (Å²) in [5.41, 5.74) is -0.562. The molecule has 1 aromatic carbocycles. The number of ether oxygens (including phenoxy) is 3. The van der Waals surface area contributed by atoms with Gasteiger partial charge in [0, 0.05) is 12.1 Å². The van der Waals surface area contributed by atoms with Crippen LogP contribution in [-0.4, -0.2) is 45.9 Å². The van der Waals surface area contributed by atoms with Crippen LogP contribution in [0.5, 0.6) is 0 Å². The summed E-state index contributed by atoms with van der Waals surface area (Å²) in [4.78, 5) is 36.6. The topological polar surface area (TPSA) is 108 Å². The normalized spacial score (nSPS) is 26.6. The molecule has 3 rings (SSSR count). The molecule has 9 heteroatoms. The zero-order valence-electron chi connectivity index (χ0n) is 16.3. The average Bonchev–Trinajstić information content (AvgIpc) is 2.58. The maximum Gasteiger partial charge on any atom is 0.508 e. The summed E-state index contributed by atoms with van der Waals surface area (Å²) in [6, 6.07) is 5.69. The molecular formula is C19H24N2O7. The van der Waals surface area contributed by atoms with Crippen molar-refractivity contribution in [2.24, 2.45) is 5.92 Å². The first kappa shape index (κ1) is 20.1. The lowest BCUT2D eigenvalue weighted by Gasteiger charge is -2.65. The van der Waals surface area contributed by atoms with Crippen LogP contribution in [0.1, 0.15) is 39.7 Å². The van der Waals surface area contributed by atoms with Crippen molar-refractivity contribution in [3.05, 3.63) is 39.9 Å². The quantitative estimate of drug-likeness (QED) is 0.328. The summed E-state index contributed by atoms with van der Waals surface area (Å²) in [6.45, 7) is 7.81. The minimum Gasteiger partial charge on any atom is -0.430 e. The molecule has 2 aliphatic rings. The Balaban J connectivity index is 1.56. The molecule has 152 valence electrons. The Labute approximate surface area is 162 Å². The van der Waals surface area contributed by atoms with Crippen molar-refractivity contribution < 1.29 is 28.7 Å². The first-order valence-corrected chi connectivity index (χ1v) is 9.11. The smallest absolute Gasteiger partial charge is 0.430 e. The largest absolute Gasteiger partial charge is 0.508 e. The van der Waals surface area contributed by atoms with Crippen molar-refractivity contribution in [3.8, 4) is 0 Å². The molecular weight excluding hydrogens is 368 g/mol. The van der Waals surface area contributed by atoms with Gasteiger partial charge in [0.15, 0.2) is 0 Å². The van der Waals surface area contributed by atoms with Gasteiger partial charge in [-0.1, -0.05) is 0 Å². The van der Waals surface area contributed by atoms with Crippen LogP contribution in [0, 0.1) is 16.0 Å². The molecule has 9 nitrogen and oxygen atoms in total. The molecule has 0 saturated carbocycles. The summed E-state index contributed by atoms with van der Waals surface area (Å²) in [7, 11) is 0. The zero-order chi connectivity index (χ0) is 20.7. The van der Waals surface area contributed by atoms with E-state index in [2.05, 4.69) is 0 Å². The van der Waals surface area contributed by atoms with Crippen LogP contribution in [0.4, 0.5) is 10.5 Å². The van der Waals surface area contributed by atoms with E-state index in [-0.39, 0.29) is 18.2 Å². The first-order chi connectivity index (χ1) is 13.1. The van der Waals surface area contributed by atoms with Gasteiger partial charge in [-0.2, -0.15) is 0 Å². The monoisotopic (exact) mass is 392 g/mol. The molecule has 2 aliphatic heterocycles. The van der Waals surface area contributed by atoms with Crippen LogP contribution >= 0.6 is 0 Å². The van der Waals surface area contributed by atoms with Crippen LogP contribution in [-0.2, 0) is 25.6 Å². The maximum atomic E-state index is 12.7. The van der Waals surface area contributed by atoms with Gasteiger partial charge in [0.1, 0.15) is 18.4 Å². The Kier molecular flexibility index (Phi) is 5.05. The second-order valence-corrected chi connectivity index (χ2v) is 7.84. The number of hydrogen-bond donors (Lipinski definition) is 0. The Hall–Kier alpha value is -2.68. The molecule has 0 aromatic heterocycles. The second kappa shape index (κ2) is 7.05. The molecule has 2 fully saturated rings. The number of amides is 1. The molecule has 1 amide bonds. The van der Waals surface area contributed by atoms with Gasteiger partial charge in [0.25, 0.3) is 5.69 Å². The highest BCUT2D eigenvalue weighted by molar-refractivity contribution is 5.89. The number of β-lactam (4-membered cyclic amide) rings is 1. The summed E-state index contributed by atoms with van der Waals surface area (Å²) < 4.78 is 16.1. The lowest BCUT2D eigenvalue weighted by molar-refractivity contribution is -0.384. The van der Waals surface area contributed by atoms with E-state index in [9.17, 15) is 19.7 Å². The Morgan fingerprint density at radius 2 is 2.00 bits per heavy atom. The molecule has 0 aliphatic carbocycles. The number of nitro benzene ring substituents is 1. The van der Waals surface area contributed by atoms with E-state index in [1.807, 2.05) is 20.8 Å². The number of hydrogen-bond acceptors (Lipinski definition) is 7. The lowest BCUT2D eigenvalue weighted by Crippen LogP contribution is -2.79. The van der Waals surface area contributed by atoms with E-state index in [4.69, 9.17) is 14.2 Å². The number of carbonyl (C=O) groups excluding carboxylic acids is 2. The van der Waals surface area contributed by atoms with Gasteiger partial charge in [-0.25, -0.2) is 4.79 Å². The van der Waals surface area contributed by atoms with Crippen molar-refractivity contribution in [3.63, 3.8) is 0 Å². The minimum atomic E-state index is -0.882. The highest BCUT2D eigenvalue weighted by Crippen LogP contribution is 2.50. The van der Waals surface area contributed by atoms with E-state index >= 15 is 0 Å². The highest BCUT2D eigenvalue weighted by atomic mass is 16.7. The van der Waals surface area contributed by atoms with Gasteiger partial charge in [-0.3, -0.25) is 14.9 Å². The maximum absolute atomic E-state index is 12.7. The molecule has 0 N–H and O–H groups in total. The van der Waals surface area contributed by atoms with Crippen molar-refractivity contribution in [2.45, 2.75) is 58.1 Å². The standard InChI is InChI=1S/C19H24N2O7/c1-12(15-16(22)20-18(2,3)27-10-9-19(15,20)4)28-17(23)26-11-13-5-7-14(8-6-13)21(24)25/h5-8,12,15H,9-11H2,1-4H3. The summed E-state index contributed by atoms with van der Waals surface area (Å²) in [5.74, 6) is -0.564. The summed E-state index contributed by atoms with van der Waals surface area (Å²) >= 11 is 0. The third-order valence-corrected chi connectivity index (χ3v) is 5.52. The number of fused-ring (bicyclic) bond motifs is 1. The first-order valence-electron chi connectivity index (χ1n) is 9.11. The molecule has 2 heterocycles. The van der Waals surface area contributed by atoms with Gasteiger partial charge in [0.2, 0.25) is 5.91 Å². The fraction of sp³-hybridized carbons (Fsp3) is 0.579. The van der Waals surface area contributed by atoms with Crippen molar-refractivity contribution >= 4 is 17.7 Å². The van der Waals surface area contributed by atoms with Crippen LogP contribution < -0.4 is 0 Å². The van der Waals surface area contributed by atoms with Gasteiger partial charge < -0.3 is 19.1 Å². The lowest BCUT2D eigenvalue weighted by atomic mass is 9.67. The number of non-ortho nitro benzene ring substituents is 1. The van der Waals surface area contributed by atoms with Gasteiger partial charge in [-0.05, 0) is 51.8 Å². The fourth-order valence-corrected chi connectivity index (χ4v) is 4.27. The number of nitrogens with zero attached hydrogens (tertiary/aromatic N) is 2. The molecule has 0 spiro atoms. The summed E-state index contributed by atoms with van der Waals surface area (Å²) in [6.07, 6.45) is -0.864. The van der Waals surface area contributed by atoms with Crippen LogP contribution in [0.25, 0.3) is 0 Å². The zero-order valence-corrected chi connectivity index (χ0v) is 16.3. The third-order valence-electron chi connectivity index (χ3n) is 5.52. The fourth-order valence-electron chi connectivity index (χ4n) is 4.27. The number of nitro groups is 1. The predicted octanol–water partition coefficient (Wildman–Crippen LogP) is 3.01. The van der Waals surface area contributed by atoms with Crippen molar-refractivity contribution in [1.82, 2.24) is 4.90 Å². The second-order valence-electron chi connectivity index (χ2n) is 7.84. The van der Waals surface area contributed by atoms with E-state index < -0.39 is 34.4 Å². The molecule has 2 saturated heterocycles. The molecule has 0 radical (unpaired) electrons. The Morgan fingerprint density at radius 1 is 1.36 bits per heavy atom. The van der Waals surface area contributed by atoms with Gasteiger partial charge >= 0.3 is 6.16 Å². The van der Waals surface area contributed by atoms with Gasteiger partial charge in [0.05, 0.1) is 23.0 Å². The molecule has 28 heavy (non-hydrogen) atoms. The Morgan fingerprint density at radius 3 is 2.61 bits per heavy atom. The number of carbonyl (C=O) groups is 2. The van der Waals surface area contributed by atoms with E-state index in [1.54, 1.807) is 11.8 Å². The van der Waals surface area contributed by atoms with E-state index in [1.165, 1.54) is 24.3 Å². The molecule has 1 aromatic rings. The number of benzene rings is 1. The number of rotatable bonds is 5. The van der Waals surface area contributed by atoms with Crippen molar-refractivity contribution in [2.75, 3.05) is 6.61 Å². The highest BCUT2D eigenvalue weighted by Gasteiger charge is 2.65. The predicted molar refractivity (Wildman–Crippen MR) is 97.2 cm³/mol. The van der Waals surface area contributed by atoms with E-state index in [0.29, 0.717) is 18.6 Å². The van der Waals surface area contributed by atoms with Crippen molar-refractivity contribution in [1.29, 1.82) is 0 Å². The summed E-state index contributed by atoms with van der Waals surface area (Å²) in [5, 5.41) is 10.7. The van der Waals surface area contributed by atoms with Crippen LogP contribution in [0.15, 0.2) is 24.3 Å². The van der Waals surface area contributed by atoms with E-state index in [0.717, 1.165) is 0 Å². The Bertz CT molecular complexity index is 792. The molecule has 0 bridgehead atoms. The average molecular weight is 392 g/mol. The molecule has 3 unspecified atom stereocenters.